The number of halogens is 2. The van der Waals surface area contributed by atoms with Crippen molar-refractivity contribution in [3.63, 3.8) is 0 Å². The Hall–Kier alpha value is -2.44. The van der Waals surface area contributed by atoms with Crippen LogP contribution in [0.2, 0.25) is 0 Å². The molecule has 5 unspecified atom stereocenters. The number of nitrogens with zero attached hydrogens (tertiary/aromatic N) is 2. The lowest BCUT2D eigenvalue weighted by Gasteiger charge is -2.31. The molecule has 10 nitrogen and oxygen atoms in total. The predicted molar refractivity (Wildman–Crippen MR) is 93.4 cm³/mol. The third-order valence-corrected chi connectivity index (χ3v) is 6.13. The van der Waals surface area contributed by atoms with E-state index >= 15 is 0 Å². The van der Waals surface area contributed by atoms with Crippen molar-refractivity contribution in [2.24, 2.45) is 17.8 Å². The predicted octanol–water partition coefficient (Wildman–Crippen LogP) is 1.90. The highest BCUT2D eigenvalue weighted by molar-refractivity contribution is 7.99. The summed E-state index contributed by atoms with van der Waals surface area (Å²) in [4.78, 5) is 38.3. The third-order valence-electron chi connectivity index (χ3n) is 4.94. The first-order valence-electron chi connectivity index (χ1n) is 8.70. The number of hydrogen-bond acceptors (Lipinski definition) is 7. The van der Waals surface area contributed by atoms with Gasteiger partial charge < -0.3 is 25.3 Å². The van der Waals surface area contributed by atoms with Crippen molar-refractivity contribution in [1.29, 1.82) is 0 Å². The summed E-state index contributed by atoms with van der Waals surface area (Å²) >= 11 is 0.939. The van der Waals surface area contributed by atoms with Gasteiger partial charge in [0, 0.05) is 11.2 Å². The van der Waals surface area contributed by atoms with Crippen molar-refractivity contribution in [2.75, 3.05) is 0 Å². The van der Waals surface area contributed by atoms with E-state index in [-0.39, 0.29) is 11.6 Å². The molecule has 1 aromatic rings. The van der Waals surface area contributed by atoms with Crippen molar-refractivity contribution >= 4 is 29.8 Å². The number of thioether (sulfide) groups is 1. The van der Waals surface area contributed by atoms with Gasteiger partial charge in [0.15, 0.2) is 11.0 Å². The molecule has 1 amide bonds. The first-order valence-corrected chi connectivity index (χ1v) is 9.58. The number of H-pyrrole nitrogens is 1. The average Bonchev–Trinajstić information content (AvgIpc) is 3.01. The number of alkyl carbamates (subject to hydrolysis) is 1. The zero-order chi connectivity index (χ0) is 21.7. The number of carboxylic acid groups (broad SMARTS) is 2. The highest BCUT2D eigenvalue weighted by Crippen LogP contribution is 2.65. The maximum atomic E-state index is 12.7. The molecule has 0 spiro atoms. The zero-order valence-electron chi connectivity index (χ0n) is 15.7. The van der Waals surface area contributed by atoms with Gasteiger partial charge in [-0.05, 0) is 33.1 Å². The Morgan fingerprint density at radius 1 is 1.31 bits per heavy atom. The van der Waals surface area contributed by atoms with Crippen molar-refractivity contribution in [3.05, 3.63) is 5.82 Å². The summed E-state index contributed by atoms with van der Waals surface area (Å²) in [6, 6.07) is 0. The molecule has 0 radical (unpaired) electrons. The first-order chi connectivity index (χ1) is 13.4. The molecule has 160 valence electrons. The van der Waals surface area contributed by atoms with Crippen LogP contribution in [0.25, 0.3) is 0 Å². The van der Waals surface area contributed by atoms with Gasteiger partial charge in [-0.25, -0.2) is 18.4 Å². The normalized spacial score (nSPS) is 30.7. The van der Waals surface area contributed by atoms with E-state index in [0.29, 0.717) is 0 Å². The van der Waals surface area contributed by atoms with Crippen LogP contribution < -0.4 is 5.32 Å². The summed E-state index contributed by atoms with van der Waals surface area (Å²) in [5.74, 6) is -5.64. The van der Waals surface area contributed by atoms with Crippen LogP contribution in [0.5, 0.6) is 0 Å². The fraction of sp³-hybridized carbons (Fsp3) is 0.688. The summed E-state index contributed by atoms with van der Waals surface area (Å²) in [7, 11) is 0. The number of carbonyl (C=O) groups is 3. The quantitative estimate of drug-likeness (QED) is 0.525. The van der Waals surface area contributed by atoms with Crippen LogP contribution in [-0.2, 0) is 14.3 Å². The number of amides is 1. The second kappa shape index (κ2) is 7.11. The zero-order valence-corrected chi connectivity index (χ0v) is 16.5. The molecule has 13 heteroatoms. The number of carboxylic acids is 2. The molecule has 1 aromatic heterocycles. The van der Waals surface area contributed by atoms with Crippen LogP contribution in [0.1, 0.15) is 39.4 Å². The Bertz CT molecular complexity index is 844. The average molecular weight is 434 g/mol. The number of alkyl halides is 2. The summed E-state index contributed by atoms with van der Waals surface area (Å²) in [5.41, 5.74) is -2.73. The number of carbonyl (C=O) groups excluding carboxylic acids is 1. The SMILES string of the molecule is CC(C)(C)OC(=O)NC1(C(=O)O)CC(Sc2nnc(C(F)F)[nH]2)C2C(C(=O)O)C21. The number of ether oxygens (including phenoxy) is 1. The number of rotatable bonds is 6. The fourth-order valence-corrected chi connectivity index (χ4v) is 5.30. The number of nitrogens with one attached hydrogen (secondary N) is 2. The number of aromatic nitrogens is 3. The summed E-state index contributed by atoms with van der Waals surface area (Å²) < 4.78 is 30.5. The summed E-state index contributed by atoms with van der Waals surface area (Å²) in [6.07, 6.45) is -3.94. The molecular formula is C16H20F2N4O6S. The van der Waals surface area contributed by atoms with Gasteiger partial charge in [0.05, 0.1) is 5.92 Å². The van der Waals surface area contributed by atoms with Gasteiger partial charge in [0.25, 0.3) is 6.43 Å². The Labute approximate surface area is 167 Å². The maximum absolute atomic E-state index is 12.7. The molecule has 0 saturated heterocycles. The molecule has 0 aromatic carbocycles. The van der Waals surface area contributed by atoms with Crippen LogP contribution in [0.3, 0.4) is 0 Å². The van der Waals surface area contributed by atoms with Gasteiger partial charge in [-0.1, -0.05) is 11.8 Å². The molecule has 0 aliphatic heterocycles. The van der Waals surface area contributed by atoms with Gasteiger partial charge in [-0.3, -0.25) is 4.79 Å². The standard InChI is InChI=1S/C16H20F2N4O6S/c1-15(2,3)28-14(27)20-16(12(25)26)4-5(6-7(8(6)16)11(23)24)29-13-19-10(9(17)18)21-22-13/h5-9H,4H2,1-3H3,(H,20,27)(H,23,24)(H,25,26)(H,19,21,22). The van der Waals surface area contributed by atoms with E-state index < -0.39 is 64.4 Å². The Kier molecular flexibility index (Phi) is 5.22. The third kappa shape index (κ3) is 4.00. The molecule has 4 N–H and O–H groups in total. The van der Waals surface area contributed by atoms with E-state index in [1.807, 2.05) is 0 Å². The number of hydrogen-bond donors (Lipinski definition) is 4. The van der Waals surface area contributed by atoms with Crippen LogP contribution in [0, 0.1) is 17.8 Å². The van der Waals surface area contributed by atoms with Crippen molar-refractivity contribution in [1.82, 2.24) is 20.5 Å². The van der Waals surface area contributed by atoms with E-state index in [1.165, 1.54) is 0 Å². The van der Waals surface area contributed by atoms with Gasteiger partial charge in [-0.2, -0.15) is 0 Å². The van der Waals surface area contributed by atoms with E-state index in [0.717, 1.165) is 11.8 Å². The molecule has 2 aliphatic rings. The summed E-state index contributed by atoms with van der Waals surface area (Å²) in [6.45, 7) is 4.83. The minimum atomic E-state index is -2.85. The Balaban J connectivity index is 1.84. The highest BCUT2D eigenvalue weighted by Gasteiger charge is 2.76. The van der Waals surface area contributed by atoms with Gasteiger partial charge in [0.2, 0.25) is 0 Å². The van der Waals surface area contributed by atoms with E-state index in [9.17, 15) is 33.4 Å². The van der Waals surface area contributed by atoms with Crippen LogP contribution in [0.4, 0.5) is 13.6 Å². The van der Waals surface area contributed by atoms with E-state index in [1.54, 1.807) is 20.8 Å². The smallest absolute Gasteiger partial charge is 0.408 e. The number of fused-ring (bicyclic) bond motifs is 1. The second-order valence-electron chi connectivity index (χ2n) is 8.05. The monoisotopic (exact) mass is 434 g/mol. The first kappa shape index (κ1) is 21.3. The maximum Gasteiger partial charge on any atom is 0.408 e. The van der Waals surface area contributed by atoms with Crippen molar-refractivity contribution < 1.29 is 38.1 Å². The molecule has 3 rings (SSSR count). The summed E-state index contributed by atoms with van der Waals surface area (Å²) in [5, 5.41) is 28.0. The molecule has 29 heavy (non-hydrogen) atoms. The fourth-order valence-electron chi connectivity index (χ4n) is 3.92. The topological polar surface area (TPSA) is 154 Å². The van der Waals surface area contributed by atoms with E-state index in [4.69, 9.17) is 4.74 Å². The second-order valence-corrected chi connectivity index (χ2v) is 9.27. The molecule has 2 saturated carbocycles. The lowest BCUT2D eigenvalue weighted by atomic mass is 9.90. The lowest BCUT2D eigenvalue weighted by Crippen LogP contribution is -2.57. The van der Waals surface area contributed by atoms with E-state index in [2.05, 4.69) is 20.5 Å². The molecule has 2 fully saturated rings. The van der Waals surface area contributed by atoms with Crippen LogP contribution >= 0.6 is 11.8 Å². The lowest BCUT2D eigenvalue weighted by molar-refractivity contribution is -0.147. The molecule has 2 aliphatic carbocycles. The molecule has 5 atom stereocenters. The highest BCUT2D eigenvalue weighted by atomic mass is 32.2. The Morgan fingerprint density at radius 3 is 2.45 bits per heavy atom. The van der Waals surface area contributed by atoms with Crippen molar-refractivity contribution in [2.45, 2.75) is 55.2 Å². The Morgan fingerprint density at radius 2 is 1.97 bits per heavy atom. The largest absolute Gasteiger partial charge is 0.481 e. The number of aromatic amines is 1. The minimum Gasteiger partial charge on any atom is -0.481 e. The van der Waals surface area contributed by atoms with Gasteiger partial charge >= 0.3 is 18.0 Å². The molecule has 1 heterocycles. The number of aliphatic carboxylic acids is 2. The van der Waals surface area contributed by atoms with Crippen LogP contribution in [0.15, 0.2) is 5.16 Å². The molecular weight excluding hydrogens is 414 g/mol. The van der Waals surface area contributed by atoms with Gasteiger partial charge in [0.1, 0.15) is 11.1 Å². The van der Waals surface area contributed by atoms with Crippen molar-refractivity contribution in [3.8, 4) is 0 Å². The molecule has 0 bridgehead atoms. The van der Waals surface area contributed by atoms with Crippen LogP contribution in [-0.4, -0.2) is 59.8 Å². The van der Waals surface area contributed by atoms with Gasteiger partial charge in [-0.15, -0.1) is 10.2 Å². The minimum absolute atomic E-state index is 0.0264.